The minimum absolute atomic E-state index is 0.0965. The molecule has 2 atom stereocenters. The summed E-state index contributed by atoms with van der Waals surface area (Å²) in [4.78, 5) is 12.6. The van der Waals surface area contributed by atoms with Crippen molar-refractivity contribution in [2.75, 3.05) is 5.32 Å². The monoisotopic (exact) mass is 374 g/mol. The van der Waals surface area contributed by atoms with Gasteiger partial charge in [-0.05, 0) is 48.7 Å². The van der Waals surface area contributed by atoms with Crippen LogP contribution in [0.4, 0.5) is 14.5 Å². The summed E-state index contributed by atoms with van der Waals surface area (Å²) in [6, 6.07) is 11.5. The number of hydrogen-bond donors (Lipinski definition) is 1. The minimum Gasteiger partial charge on any atom is -0.461 e. The van der Waals surface area contributed by atoms with Gasteiger partial charge >= 0.3 is 0 Å². The van der Waals surface area contributed by atoms with Gasteiger partial charge in [-0.25, -0.2) is 0 Å². The van der Waals surface area contributed by atoms with E-state index in [0.717, 1.165) is 12.2 Å². The van der Waals surface area contributed by atoms with Crippen molar-refractivity contribution in [3.8, 4) is 6.07 Å². The summed E-state index contributed by atoms with van der Waals surface area (Å²) in [5, 5.41) is 11.8. The number of thioether (sulfide) groups is 1. The van der Waals surface area contributed by atoms with Crippen molar-refractivity contribution in [3.63, 3.8) is 0 Å². The number of nitrogens with zero attached hydrogens (tertiary/aromatic N) is 1. The first kappa shape index (κ1) is 18.2. The zero-order valence-corrected chi connectivity index (χ0v) is 14.7. The molecule has 0 unspecified atom stereocenters. The lowest BCUT2D eigenvalue weighted by atomic mass is 10.2. The molecule has 0 saturated heterocycles. The Balaban J connectivity index is 1.67. The number of alkyl halides is 2. The highest BCUT2D eigenvalue weighted by molar-refractivity contribution is 7.99. The SMILES string of the molecule is C[C@H]1C[C@@H]1c1ccc(/C=C(\C#N)C(=O)Nc2ccc(SC(F)F)cc2)o1. The van der Waals surface area contributed by atoms with Crippen LogP contribution in [0.3, 0.4) is 0 Å². The average molecular weight is 374 g/mol. The zero-order valence-electron chi connectivity index (χ0n) is 13.9. The highest BCUT2D eigenvalue weighted by Crippen LogP contribution is 2.47. The van der Waals surface area contributed by atoms with Gasteiger partial charge in [0.05, 0.1) is 0 Å². The first-order chi connectivity index (χ1) is 12.5. The first-order valence-corrected chi connectivity index (χ1v) is 8.92. The standard InChI is InChI=1S/C19H16F2N2O2S/c1-11-8-16(11)17-7-4-14(25-17)9-12(10-22)18(24)23-13-2-5-15(6-3-13)26-19(20)21/h2-7,9,11,16,19H,8H2,1H3,(H,23,24)/b12-9+/t11-,16-/m0/s1. The van der Waals surface area contributed by atoms with Gasteiger partial charge in [-0.2, -0.15) is 14.0 Å². The molecule has 0 aliphatic heterocycles. The summed E-state index contributed by atoms with van der Waals surface area (Å²) in [5.74, 6) is -0.744. The third kappa shape index (κ3) is 4.52. The van der Waals surface area contributed by atoms with Crippen molar-refractivity contribution in [3.05, 3.63) is 53.5 Å². The summed E-state index contributed by atoms with van der Waals surface area (Å²) in [6.45, 7) is 2.14. The van der Waals surface area contributed by atoms with Gasteiger partial charge in [0.1, 0.15) is 23.2 Å². The number of carbonyl (C=O) groups excluding carboxylic acids is 1. The van der Waals surface area contributed by atoms with E-state index in [1.165, 1.54) is 30.3 Å². The van der Waals surface area contributed by atoms with E-state index in [9.17, 15) is 18.8 Å². The van der Waals surface area contributed by atoms with Gasteiger partial charge in [0.25, 0.3) is 11.7 Å². The molecule has 134 valence electrons. The fourth-order valence-electron chi connectivity index (χ4n) is 2.57. The second-order valence-corrected chi connectivity index (χ2v) is 7.15. The van der Waals surface area contributed by atoms with E-state index in [1.54, 1.807) is 6.07 Å². The number of carbonyl (C=O) groups is 1. The molecule has 1 saturated carbocycles. The molecule has 3 rings (SSSR count). The smallest absolute Gasteiger partial charge is 0.288 e. The van der Waals surface area contributed by atoms with Gasteiger partial charge in [-0.1, -0.05) is 18.7 Å². The lowest BCUT2D eigenvalue weighted by Gasteiger charge is -2.05. The summed E-state index contributed by atoms with van der Waals surface area (Å²) < 4.78 is 30.3. The maximum absolute atomic E-state index is 12.3. The van der Waals surface area contributed by atoms with Crippen LogP contribution in [0, 0.1) is 17.2 Å². The van der Waals surface area contributed by atoms with E-state index in [-0.39, 0.29) is 5.57 Å². The van der Waals surface area contributed by atoms with Crippen molar-refractivity contribution >= 4 is 29.4 Å². The molecule has 1 heterocycles. The van der Waals surface area contributed by atoms with Crippen LogP contribution in [0.5, 0.6) is 0 Å². The number of nitriles is 1. The summed E-state index contributed by atoms with van der Waals surface area (Å²) in [5.41, 5.74) is 0.322. The molecule has 1 amide bonds. The Labute approximate surface area is 153 Å². The Morgan fingerprint density at radius 1 is 1.35 bits per heavy atom. The van der Waals surface area contributed by atoms with Crippen LogP contribution in [-0.2, 0) is 4.79 Å². The van der Waals surface area contributed by atoms with Crippen LogP contribution in [0.2, 0.25) is 0 Å². The fourth-order valence-corrected chi connectivity index (χ4v) is 3.07. The normalized spacial score (nSPS) is 19.3. The van der Waals surface area contributed by atoms with E-state index in [4.69, 9.17) is 4.42 Å². The molecule has 1 fully saturated rings. The van der Waals surface area contributed by atoms with E-state index in [1.807, 2.05) is 12.1 Å². The average Bonchev–Trinajstić information content (AvgIpc) is 3.15. The maximum atomic E-state index is 12.3. The molecule has 1 aliphatic rings. The summed E-state index contributed by atoms with van der Waals surface area (Å²) in [7, 11) is 0. The van der Waals surface area contributed by atoms with Crippen molar-refractivity contribution in [2.45, 2.75) is 29.9 Å². The van der Waals surface area contributed by atoms with Gasteiger partial charge in [0.2, 0.25) is 0 Å². The number of furan rings is 1. The maximum Gasteiger partial charge on any atom is 0.288 e. The van der Waals surface area contributed by atoms with E-state index in [2.05, 4.69) is 12.2 Å². The Kier molecular flexibility index (Phi) is 5.43. The van der Waals surface area contributed by atoms with Crippen molar-refractivity contribution in [1.82, 2.24) is 0 Å². The van der Waals surface area contributed by atoms with Crippen LogP contribution in [0.15, 0.2) is 51.3 Å². The number of halogens is 2. The zero-order chi connectivity index (χ0) is 18.7. The van der Waals surface area contributed by atoms with E-state index in [0.29, 0.717) is 39.9 Å². The largest absolute Gasteiger partial charge is 0.461 e. The van der Waals surface area contributed by atoms with Crippen LogP contribution in [0.25, 0.3) is 6.08 Å². The van der Waals surface area contributed by atoms with Crippen molar-refractivity contribution in [2.24, 2.45) is 5.92 Å². The number of nitrogens with one attached hydrogen (secondary N) is 1. The van der Waals surface area contributed by atoms with Crippen LogP contribution < -0.4 is 5.32 Å². The third-order valence-electron chi connectivity index (χ3n) is 4.11. The molecule has 0 bridgehead atoms. The molecule has 4 nitrogen and oxygen atoms in total. The number of hydrogen-bond acceptors (Lipinski definition) is 4. The predicted molar refractivity (Wildman–Crippen MR) is 95.8 cm³/mol. The minimum atomic E-state index is -2.50. The van der Waals surface area contributed by atoms with Gasteiger partial charge in [-0.15, -0.1) is 0 Å². The lowest BCUT2D eigenvalue weighted by Crippen LogP contribution is -2.13. The summed E-state index contributed by atoms with van der Waals surface area (Å²) in [6.07, 6.45) is 2.48. The van der Waals surface area contributed by atoms with Crippen LogP contribution in [0.1, 0.15) is 30.8 Å². The van der Waals surface area contributed by atoms with Gasteiger partial charge in [0.15, 0.2) is 0 Å². The molecule has 1 N–H and O–H groups in total. The molecule has 1 aliphatic carbocycles. The fraction of sp³-hybridized carbons (Fsp3) is 0.263. The molecular weight excluding hydrogens is 358 g/mol. The van der Waals surface area contributed by atoms with E-state index >= 15 is 0 Å². The van der Waals surface area contributed by atoms with Gasteiger partial charge < -0.3 is 9.73 Å². The van der Waals surface area contributed by atoms with Gasteiger partial charge in [0, 0.05) is 22.6 Å². The number of rotatable bonds is 6. The Hall–Kier alpha value is -2.59. The van der Waals surface area contributed by atoms with Crippen molar-refractivity contribution < 1.29 is 18.0 Å². The van der Waals surface area contributed by atoms with Crippen LogP contribution in [-0.4, -0.2) is 11.7 Å². The van der Waals surface area contributed by atoms with Crippen molar-refractivity contribution in [1.29, 1.82) is 5.26 Å². The topological polar surface area (TPSA) is 66.0 Å². The highest BCUT2D eigenvalue weighted by atomic mass is 32.2. The molecule has 0 spiro atoms. The predicted octanol–water partition coefficient (Wildman–Crippen LogP) is 5.26. The number of anilines is 1. The van der Waals surface area contributed by atoms with Crippen LogP contribution >= 0.6 is 11.8 Å². The van der Waals surface area contributed by atoms with Gasteiger partial charge in [-0.3, -0.25) is 4.79 Å². The molecule has 2 aromatic rings. The number of benzene rings is 1. The Morgan fingerprint density at radius 2 is 2.04 bits per heavy atom. The number of amides is 1. The first-order valence-electron chi connectivity index (χ1n) is 8.04. The third-order valence-corrected chi connectivity index (χ3v) is 4.83. The second kappa shape index (κ2) is 7.75. The molecule has 1 aromatic heterocycles. The Bertz CT molecular complexity index is 868. The Morgan fingerprint density at radius 3 is 2.62 bits per heavy atom. The molecular formula is C19H16F2N2O2S. The highest BCUT2D eigenvalue weighted by Gasteiger charge is 2.36. The molecule has 7 heteroatoms. The second-order valence-electron chi connectivity index (χ2n) is 6.09. The molecule has 0 radical (unpaired) electrons. The quantitative estimate of drug-likeness (QED) is 0.425. The van der Waals surface area contributed by atoms with E-state index < -0.39 is 11.7 Å². The lowest BCUT2D eigenvalue weighted by molar-refractivity contribution is -0.112. The summed E-state index contributed by atoms with van der Waals surface area (Å²) >= 11 is 0.426. The molecule has 26 heavy (non-hydrogen) atoms. The molecule has 1 aromatic carbocycles.